The van der Waals surface area contributed by atoms with Gasteiger partial charge in [-0.1, -0.05) is 0 Å². The number of carboxylic acids is 1. The van der Waals surface area contributed by atoms with Crippen LogP contribution in [0.4, 0.5) is 0 Å². The molecule has 1 aliphatic heterocycles. The van der Waals surface area contributed by atoms with E-state index in [0.717, 1.165) is 31.9 Å². The predicted octanol–water partition coefficient (Wildman–Crippen LogP) is 1.00. The minimum Gasteiger partial charge on any atom is -0.477 e. The summed E-state index contributed by atoms with van der Waals surface area (Å²) in [5.74, 6) is 0.123. The van der Waals surface area contributed by atoms with Crippen molar-refractivity contribution in [2.75, 3.05) is 13.2 Å². The molecule has 0 spiro atoms. The van der Waals surface area contributed by atoms with Gasteiger partial charge in [0, 0.05) is 19.1 Å². The van der Waals surface area contributed by atoms with Gasteiger partial charge in [0.25, 0.3) is 0 Å². The van der Waals surface area contributed by atoms with Crippen molar-refractivity contribution in [1.82, 2.24) is 9.97 Å². The minimum absolute atomic E-state index is 0.159. The Bertz CT molecular complexity index is 329. The average Bonchev–Trinajstić information content (AvgIpc) is 2.68. The van der Waals surface area contributed by atoms with Gasteiger partial charge in [0.05, 0.1) is 6.20 Å². The highest BCUT2D eigenvalue weighted by Gasteiger charge is 2.19. The summed E-state index contributed by atoms with van der Waals surface area (Å²) in [6.07, 6.45) is 3.19. The third kappa shape index (κ3) is 1.77. The average molecular weight is 196 g/mol. The Labute approximate surface area is 81.1 Å². The molecule has 76 valence electrons. The third-order valence-corrected chi connectivity index (χ3v) is 2.43. The lowest BCUT2D eigenvalue weighted by molar-refractivity contribution is 0.0690. The Morgan fingerprint density at radius 2 is 2.29 bits per heavy atom. The Balaban J connectivity index is 2.11. The lowest BCUT2D eigenvalue weighted by atomic mass is 10.00. The Hall–Kier alpha value is -1.36. The number of hydrogen-bond acceptors (Lipinski definition) is 3. The van der Waals surface area contributed by atoms with Crippen molar-refractivity contribution < 1.29 is 14.6 Å². The van der Waals surface area contributed by atoms with Crippen molar-refractivity contribution in [3.63, 3.8) is 0 Å². The summed E-state index contributed by atoms with van der Waals surface area (Å²) in [5, 5.41) is 8.70. The molecule has 2 rings (SSSR count). The number of nitrogens with zero attached hydrogens (tertiary/aromatic N) is 1. The van der Waals surface area contributed by atoms with E-state index in [1.165, 1.54) is 6.20 Å². The zero-order valence-electron chi connectivity index (χ0n) is 7.69. The van der Waals surface area contributed by atoms with Crippen molar-refractivity contribution in [2.45, 2.75) is 18.8 Å². The monoisotopic (exact) mass is 196 g/mol. The lowest BCUT2D eigenvalue weighted by Crippen LogP contribution is -2.15. The van der Waals surface area contributed by atoms with Crippen LogP contribution in [0.25, 0.3) is 0 Å². The van der Waals surface area contributed by atoms with Gasteiger partial charge in [-0.05, 0) is 12.8 Å². The molecular formula is C9H12N2O3. The van der Waals surface area contributed by atoms with E-state index in [-0.39, 0.29) is 5.69 Å². The molecule has 0 aliphatic carbocycles. The van der Waals surface area contributed by atoms with E-state index in [4.69, 9.17) is 9.84 Å². The fourth-order valence-corrected chi connectivity index (χ4v) is 1.62. The van der Waals surface area contributed by atoms with E-state index in [0.29, 0.717) is 5.92 Å². The van der Waals surface area contributed by atoms with Crippen LogP contribution in [0.1, 0.15) is 35.1 Å². The van der Waals surface area contributed by atoms with Gasteiger partial charge in [0.1, 0.15) is 11.5 Å². The maximum Gasteiger partial charge on any atom is 0.353 e. The largest absolute Gasteiger partial charge is 0.477 e. The number of hydrogen-bond donors (Lipinski definition) is 2. The zero-order valence-corrected chi connectivity index (χ0v) is 7.69. The van der Waals surface area contributed by atoms with E-state index in [9.17, 15) is 4.79 Å². The number of aromatic carboxylic acids is 1. The predicted molar refractivity (Wildman–Crippen MR) is 48.3 cm³/mol. The van der Waals surface area contributed by atoms with Crippen LogP contribution in [-0.4, -0.2) is 34.3 Å². The molecule has 5 heteroatoms. The number of aromatic nitrogens is 2. The van der Waals surface area contributed by atoms with Crippen LogP contribution in [0.2, 0.25) is 0 Å². The molecule has 0 radical (unpaired) electrons. The molecule has 1 saturated heterocycles. The number of rotatable bonds is 2. The van der Waals surface area contributed by atoms with Crippen molar-refractivity contribution in [2.24, 2.45) is 0 Å². The van der Waals surface area contributed by atoms with Crippen LogP contribution in [0.15, 0.2) is 6.20 Å². The number of aromatic amines is 1. The van der Waals surface area contributed by atoms with Gasteiger partial charge in [-0.15, -0.1) is 0 Å². The topological polar surface area (TPSA) is 75.2 Å². The summed E-state index contributed by atoms with van der Waals surface area (Å²) in [7, 11) is 0. The van der Waals surface area contributed by atoms with Crippen LogP contribution < -0.4 is 0 Å². The first-order chi connectivity index (χ1) is 6.77. The maximum absolute atomic E-state index is 10.6. The van der Waals surface area contributed by atoms with Crippen LogP contribution >= 0.6 is 0 Å². The first-order valence-electron chi connectivity index (χ1n) is 4.63. The van der Waals surface area contributed by atoms with Gasteiger partial charge in [0.15, 0.2) is 0 Å². The molecule has 0 amide bonds. The van der Waals surface area contributed by atoms with Crippen molar-refractivity contribution in [3.8, 4) is 0 Å². The quantitative estimate of drug-likeness (QED) is 0.740. The smallest absolute Gasteiger partial charge is 0.353 e. The molecule has 0 aromatic carbocycles. The Morgan fingerprint density at radius 1 is 1.57 bits per heavy atom. The Kier molecular flexibility index (Phi) is 2.49. The highest BCUT2D eigenvalue weighted by molar-refractivity contribution is 5.85. The molecule has 0 unspecified atom stereocenters. The minimum atomic E-state index is -0.962. The number of ether oxygens (including phenoxy) is 1. The lowest BCUT2D eigenvalue weighted by Gasteiger charge is -2.19. The molecule has 1 aliphatic rings. The van der Waals surface area contributed by atoms with Gasteiger partial charge in [-0.2, -0.15) is 0 Å². The van der Waals surface area contributed by atoms with Crippen molar-refractivity contribution in [1.29, 1.82) is 0 Å². The van der Waals surface area contributed by atoms with E-state index >= 15 is 0 Å². The first-order valence-corrected chi connectivity index (χ1v) is 4.63. The van der Waals surface area contributed by atoms with E-state index in [1.807, 2.05) is 0 Å². The van der Waals surface area contributed by atoms with Gasteiger partial charge in [-0.25, -0.2) is 9.78 Å². The van der Waals surface area contributed by atoms with E-state index in [2.05, 4.69) is 9.97 Å². The summed E-state index contributed by atoms with van der Waals surface area (Å²) in [5.41, 5.74) is 0.159. The molecule has 1 aromatic rings. The van der Waals surface area contributed by atoms with Gasteiger partial charge < -0.3 is 14.8 Å². The second-order valence-corrected chi connectivity index (χ2v) is 3.37. The molecule has 2 heterocycles. The third-order valence-electron chi connectivity index (χ3n) is 2.43. The number of imidazole rings is 1. The summed E-state index contributed by atoms with van der Waals surface area (Å²) in [6, 6.07) is 0. The summed E-state index contributed by atoms with van der Waals surface area (Å²) >= 11 is 0. The second kappa shape index (κ2) is 3.79. The molecule has 1 aromatic heterocycles. The number of nitrogens with one attached hydrogen (secondary N) is 1. The standard InChI is InChI=1S/C9H12N2O3/c12-9(13)7-5-10-8(11-7)6-1-3-14-4-2-6/h5-6H,1-4H2,(H,10,11)(H,12,13). The summed E-state index contributed by atoms with van der Waals surface area (Å²) in [4.78, 5) is 17.5. The normalized spacial score (nSPS) is 18.3. The first kappa shape index (κ1) is 9.21. The molecule has 1 fully saturated rings. The fraction of sp³-hybridized carbons (Fsp3) is 0.556. The van der Waals surface area contributed by atoms with Gasteiger partial charge >= 0.3 is 5.97 Å². The van der Waals surface area contributed by atoms with Crippen LogP contribution in [-0.2, 0) is 4.74 Å². The zero-order chi connectivity index (χ0) is 9.97. The van der Waals surface area contributed by atoms with Crippen LogP contribution in [0, 0.1) is 0 Å². The molecule has 14 heavy (non-hydrogen) atoms. The molecule has 0 bridgehead atoms. The molecule has 0 atom stereocenters. The number of carboxylic acid groups (broad SMARTS) is 1. The van der Waals surface area contributed by atoms with E-state index < -0.39 is 5.97 Å². The van der Waals surface area contributed by atoms with Crippen LogP contribution in [0.3, 0.4) is 0 Å². The highest BCUT2D eigenvalue weighted by atomic mass is 16.5. The molecule has 2 N–H and O–H groups in total. The highest BCUT2D eigenvalue weighted by Crippen LogP contribution is 2.24. The maximum atomic E-state index is 10.6. The molecule has 5 nitrogen and oxygen atoms in total. The summed E-state index contributed by atoms with van der Waals surface area (Å²) in [6.45, 7) is 1.46. The van der Waals surface area contributed by atoms with Gasteiger partial charge in [-0.3, -0.25) is 0 Å². The van der Waals surface area contributed by atoms with E-state index in [1.54, 1.807) is 0 Å². The molecular weight excluding hydrogens is 184 g/mol. The number of carbonyl (C=O) groups is 1. The molecule has 0 saturated carbocycles. The van der Waals surface area contributed by atoms with Crippen molar-refractivity contribution in [3.05, 3.63) is 17.7 Å². The fourth-order valence-electron chi connectivity index (χ4n) is 1.62. The number of H-pyrrole nitrogens is 1. The van der Waals surface area contributed by atoms with Gasteiger partial charge in [0.2, 0.25) is 0 Å². The Morgan fingerprint density at radius 3 is 2.86 bits per heavy atom. The summed E-state index contributed by atoms with van der Waals surface area (Å²) < 4.78 is 5.22. The van der Waals surface area contributed by atoms with Crippen molar-refractivity contribution >= 4 is 5.97 Å². The second-order valence-electron chi connectivity index (χ2n) is 3.37. The van der Waals surface area contributed by atoms with Crippen LogP contribution in [0.5, 0.6) is 0 Å². The SMILES string of the molecule is O=C(O)c1cnc(C2CCOCC2)[nH]1.